The van der Waals surface area contributed by atoms with Crippen LogP contribution < -0.4 is 5.32 Å². The number of hydrogen-bond donors (Lipinski definition) is 1. The van der Waals surface area contributed by atoms with Crippen LogP contribution >= 0.6 is 0 Å². The van der Waals surface area contributed by atoms with Crippen LogP contribution in [0.3, 0.4) is 0 Å². The molecule has 20 heavy (non-hydrogen) atoms. The first-order chi connectivity index (χ1) is 9.61. The van der Waals surface area contributed by atoms with Crippen LogP contribution in [0.5, 0.6) is 0 Å². The normalized spacial score (nSPS) is 32.2. The molecular weight excluding hydrogens is 252 g/mol. The maximum absolute atomic E-state index is 11.7. The molecule has 1 aliphatic carbocycles. The first-order valence-electron chi connectivity index (χ1n) is 8.17. The number of ether oxygens (including phenoxy) is 1. The predicted molar refractivity (Wildman–Crippen MR) is 80.6 cm³/mol. The van der Waals surface area contributed by atoms with E-state index in [1.807, 2.05) is 18.9 Å². The van der Waals surface area contributed by atoms with Gasteiger partial charge in [-0.25, -0.2) is 0 Å². The molecular formula is C16H30N2O2. The van der Waals surface area contributed by atoms with Gasteiger partial charge in [0.15, 0.2) is 0 Å². The summed E-state index contributed by atoms with van der Waals surface area (Å²) >= 11 is 0. The lowest BCUT2D eigenvalue weighted by atomic mass is 9.58. The van der Waals surface area contributed by atoms with Gasteiger partial charge in [-0.2, -0.15) is 0 Å². The topological polar surface area (TPSA) is 41.6 Å². The molecule has 0 radical (unpaired) electrons. The minimum Gasteiger partial charge on any atom is -0.381 e. The largest absolute Gasteiger partial charge is 0.381 e. The highest BCUT2D eigenvalue weighted by Gasteiger charge is 2.53. The Morgan fingerprint density at radius 3 is 2.60 bits per heavy atom. The fourth-order valence-electron chi connectivity index (χ4n) is 4.14. The Morgan fingerprint density at radius 2 is 2.05 bits per heavy atom. The van der Waals surface area contributed by atoms with Crippen LogP contribution in [0.25, 0.3) is 0 Å². The third-order valence-electron chi connectivity index (χ3n) is 5.67. The number of hydrogen-bond acceptors (Lipinski definition) is 3. The molecule has 2 aliphatic rings. The molecule has 0 spiro atoms. The summed E-state index contributed by atoms with van der Waals surface area (Å²) < 4.78 is 5.65. The van der Waals surface area contributed by atoms with E-state index in [2.05, 4.69) is 19.2 Å². The summed E-state index contributed by atoms with van der Waals surface area (Å²) in [5.74, 6) is 0.287. The van der Waals surface area contributed by atoms with Gasteiger partial charge < -0.3 is 15.0 Å². The molecule has 2 rings (SSSR count). The Hall–Kier alpha value is -0.610. The fourth-order valence-corrected chi connectivity index (χ4v) is 4.14. The summed E-state index contributed by atoms with van der Waals surface area (Å²) in [6.45, 7) is 8.27. The molecule has 1 amide bonds. The third-order valence-corrected chi connectivity index (χ3v) is 5.67. The van der Waals surface area contributed by atoms with Gasteiger partial charge in [0.05, 0.1) is 6.10 Å². The lowest BCUT2D eigenvalue weighted by Crippen LogP contribution is -2.65. The molecule has 116 valence electrons. The van der Waals surface area contributed by atoms with Crippen LogP contribution in [0.1, 0.15) is 52.9 Å². The Labute approximate surface area is 123 Å². The van der Waals surface area contributed by atoms with Crippen molar-refractivity contribution < 1.29 is 9.53 Å². The molecule has 1 N–H and O–H groups in total. The van der Waals surface area contributed by atoms with Crippen molar-refractivity contribution in [1.29, 1.82) is 0 Å². The van der Waals surface area contributed by atoms with Gasteiger partial charge in [0.25, 0.3) is 0 Å². The molecule has 0 unspecified atom stereocenters. The first kappa shape index (κ1) is 15.8. The van der Waals surface area contributed by atoms with E-state index in [-0.39, 0.29) is 11.3 Å². The Morgan fingerprint density at radius 1 is 1.35 bits per heavy atom. The average Bonchev–Trinajstić information content (AvgIpc) is 2.92. The third kappa shape index (κ3) is 2.60. The zero-order chi connectivity index (χ0) is 14.8. The van der Waals surface area contributed by atoms with Gasteiger partial charge in [0.1, 0.15) is 0 Å². The molecule has 0 aromatic rings. The molecule has 4 nitrogen and oxygen atoms in total. The molecule has 1 saturated heterocycles. The van der Waals surface area contributed by atoms with Crippen molar-refractivity contribution in [2.45, 2.75) is 71.1 Å². The maximum Gasteiger partial charge on any atom is 0.222 e. The number of methoxy groups -OCH3 is 1. The van der Waals surface area contributed by atoms with Gasteiger partial charge in [-0.1, -0.05) is 20.8 Å². The standard InChI is InChI=1S/C16H30N2O2/c1-5-15(19)18-9-8-12(11-18)17-13-10-14(20-4)16(13,6-2)7-3/h12-14,17H,5-11H2,1-4H3/t12-,13+,14-/m0/s1. The van der Waals surface area contributed by atoms with Crippen LogP contribution in [0, 0.1) is 5.41 Å². The molecule has 0 bridgehead atoms. The van der Waals surface area contributed by atoms with Crippen molar-refractivity contribution in [3.8, 4) is 0 Å². The number of rotatable bonds is 6. The molecule has 1 heterocycles. The van der Waals surface area contributed by atoms with Gasteiger partial charge in [-0.15, -0.1) is 0 Å². The number of nitrogens with one attached hydrogen (secondary N) is 1. The van der Waals surface area contributed by atoms with E-state index in [1.165, 1.54) is 0 Å². The Kier molecular flexibility index (Phi) is 5.08. The highest BCUT2D eigenvalue weighted by Crippen LogP contribution is 2.48. The van der Waals surface area contributed by atoms with E-state index >= 15 is 0 Å². The molecule has 3 atom stereocenters. The second-order valence-corrected chi connectivity index (χ2v) is 6.30. The lowest BCUT2D eigenvalue weighted by molar-refractivity contribution is -0.131. The van der Waals surface area contributed by atoms with E-state index in [9.17, 15) is 4.79 Å². The zero-order valence-corrected chi connectivity index (χ0v) is 13.4. The minimum atomic E-state index is 0.287. The summed E-state index contributed by atoms with van der Waals surface area (Å²) in [7, 11) is 1.83. The zero-order valence-electron chi connectivity index (χ0n) is 13.4. The SMILES string of the molecule is CCC(=O)N1CC[C@H](N[C@@H]2C[C@H](OC)C2(CC)CC)C1. The second-order valence-electron chi connectivity index (χ2n) is 6.30. The molecule has 4 heteroatoms. The van der Waals surface area contributed by atoms with E-state index in [4.69, 9.17) is 4.74 Å². The van der Waals surface area contributed by atoms with Crippen LogP contribution in [-0.4, -0.2) is 49.2 Å². The number of carbonyl (C=O) groups excluding carboxylic acids is 1. The Bertz CT molecular complexity index is 341. The Balaban J connectivity index is 1.90. The number of amides is 1. The summed E-state index contributed by atoms with van der Waals surface area (Å²) in [5, 5.41) is 3.81. The van der Waals surface area contributed by atoms with Gasteiger partial charge in [0, 0.05) is 44.1 Å². The second kappa shape index (κ2) is 6.44. The van der Waals surface area contributed by atoms with Crippen LogP contribution in [0.2, 0.25) is 0 Å². The predicted octanol–water partition coefficient (Wildman–Crippen LogP) is 2.18. The summed E-state index contributed by atoms with van der Waals surface area (Å²) in [6.07, 6.45) is 5.52. The quantitative estimate of drug-likeness (QED) is 0.812. The van der Waals surface area contributed by atoms with E-state index in [0.29, 0.717) is 24.6 Å². The number of likely N-dealkylation sites (tertiary alicyclic amines) is 1. The average molecular weight is 282 g/mol. The summed E-state index contributed by atoms with van der Waals surface area (Å²) in [6, 6.07) is 1.01. The fraction of sp³-hybridized carbons (Fsp3) is 0.938. The van der Waals surface area contributed by atoms with Crippen molar-refractivity contribution in [2.24, 2.45) is 5.41 Å². The number of carbonyl (C=O) groups is 1. The van der Waals surface area contributed by atoms with Crippen LogP contribution in [-0.2, 0) is 9.53 Å². The van der Waals surface area contributed by atoms with Gasteiger partial charge in [-0.05, 0) is 25.7 Å². The van der Waals surface area contributed by atoms with Crippen molar-refractivity contribution in [3.05, 3.63) is 0 Å². The number of nitrogens with zero attached hydrogens (tertiary/aromatic N) is 1. The molecule has 1 aliphatic heterocycles. The van der Waals surface area contributed by atoms with E-state index in [1.54, 1.807) is 0 Å². The van der Waals surface area contributed by atoms with Crippen molar-refractivity contribution >= 4 is 5.91 Å². The monoisotopic (exact) mass is 282 g/mol. The smallest absolute Gasteiger partial charge is 0.222 e. The first-order valence-corrected chi connectivity index (χ1v) is 8.17. The van der Waals surface area contributed by atoms with Crippen LogP contribution in [0.4, 0.5) is 0 Å². The van der Waals surface area contributed by atoms with Crippen molar-refractivity contribution in [2.75, 3.05) is 20.2 Å². The molecule has 1 saturated carbocycles. The highest BCUT2D eigenvalue weighted by molar-refractivity contribution is 5.76. The summed E-state index contributed by atoms with van der Waals surface area (Å²) in [4.78, 5) is 13.7. The van der Waals surface area contributed by atoms with Crippen molar-refractivity contribution in [1.82, 2.24) is 10.2 Å². The van der Waals surface area contributed by atoms with Gasteiger partial charge in [0.2, 0.25) is 5.91 Å². The molecule has 0 aromatic heterocycles. The summed E-state index contributed by atoms with van der Waals surface area (Å²) in [5.41, 5.74) is 0.289. The van der Waals surface area contributed by atoms with Crippen molar-refractivity contribution in [3.63, 3.8) is 0 Å². The van der Waals surface area contributed by atoms with Gasteiger partial charge >= 0.3 is 0 Å². The lowest BCUT2D eigenvalue weighted by Gasteiger charge is -2.56. The van der Waals surface area contributed by atoms with E-state index in [0.717, 1.165) is 38.8 Å². The molecule has 2 fully saturated rings. The molecule has 0 aromatic carbocycles. The van der Waals surface area contributed by atoms with Gasteiger partial charge in [-0.3, -0.25) is 4.79 Å². The van der Waals surface area contributed by atoms with Crippen LogP contribution in [0.15, 0.2) is 0 Å². The maximum atomic E-state index is 11.7. The van der Waals surface area contributed by atoms with E-state index < -0.39 is 0 Å². The minimum absolute atomic E-state index is 0.287. The highest BCUT2D eigenvalue weighted by atomic mass is 16.5.